The summed E-state index contributed by atoms with van der Waals surface area (Å²) in [5, 5.41) is 0. The summed E-state index contributed by atoms with van der Waals surface area (Å²) in [5.74, 6) is 0.191. The summed E-state index contributed by atoms with van der Waals surface area (Å²) in [6, 6.07) is 16.0. The Hall–Kier alpha value is -1.35. The minimum atomic E-state index is -0.315. The van der Waals surface area contributed by atoms with Crippen molar-refractivity contribution in [2.24, 2.45) is 0 Å². The van der Waals surface area contributed by atoms with Crippen LogP contribution in [0.3, 0.4) is 0 Å². The predicted molar refractivity (Wildman–Crippen MR) is 61.3 cm³/mol. The molecule has 2 aromatic carbocycles. The second-order valence-corrected chi connectivity index (χ2v) is 6.33. The molecule has 0 N–H and O–H groups in total. The molecule has 2 heteroatoms. The number of benzene rings is 2. The molecule has 0 unspecified atom stereocenters. The number of rotatable bonds is 0. The van der Waals surface area contributed by atoms with Gasteiger partial charge in [-0.3, -0.25) is 0 Å². The molecular formula is C13H8GeO. The van der Waals surface area contributed by atoms with Crippen LogP contribution in [0.25, 0.3) is 0 Å². The van der Waals surface area contributed by atoms with Crippen LogP contribution in [0, 0.1) is 0 Å². The van der Waals surface area contributed by atoms with Gasteiger partial charge in [-0.1, -0.05) is 0 Å². The van der Waals surface area contributed by atoms with Crippen molar-refractivity contribution in [2.75, 3.05) is 0 Å². The van der Waals surface area contributed by atoms with E-state index in [-0.39, 0.29) is 21.2 Å². The Morgan fingerprint density at radius 3 is 1.73 bits per heavy atom. The fourth-order valence-corrected chi connectivity index (χ4v) is 4.62. The Kier molecular flexibility index (Phi) is 1.99. The molecule has 0 saturated carbocycles. The molecule has 0 atom stereocenters. The van der Waals surface area contributed by atoms with Gasteiger partial charge in [0.15, 0.2) is 0 Å². The molecule has 1 aliphatic rings. The molecular weight excluding hydrogens is 245 g/mol. The van der Waals surface area contributed by atoms with Crippen molar-refractivity contribution in [1.82, 2.24) is 0 Å². The molecule has 0 amide bonds. The fourth-order valence-electron chi connectivity index (χ4n) is 1.87. The van der Waals surface area contributed by atoms with E-state index in [1.54, 1.807) is 0 Å². The van der Waals surface area contributed by atoms with Gasteiger partial charge in [0.1, 0.15) is 0 Å². The Labute approximate surface area is 94.6 Å². The summed E-state index contributed by atoms with van der Waals surface area (Å²) < 4.78 is 2.53. The number of hydrogen-bond acceptors (Lipinski definition) is 1. The van der Waals surface area contributed by atoms with E-state index < -0.39 is 0 Å². The van der Waals surface area contributed by atoms with Gasteiger partial charge in [0.25, 0.3) is 0 Å². The van der Waals surface area contributed by atoms with Gasteiger partial charge in [-0.2, -0.15) is 0 Å². The van der Waals surface area contributed by atoms with Crippen LogP contribution in [0.2, 0.25) is 0 Å². The predicted octanol–water partition coefficient (Wildman–Crippen LogP) is 0.886. The van der Waals surface area contributed by atoms with Crippen molar-refractivity contribution in [3.63, 3.8) is 0 Å². The van der Waals surface area contributed by atoms with Crippen LogP contribution in [0.5, 0.6) is 0 Å². The maximum absolute atomic E-state index is 12.1. The van der Waals surface area contributed by atoms with Crippen LogP contribution in [0.15, 0.2) is 48.5 Å². The zero-order valence-electron chi connectivity index (χ0n) is 8.03. The maximum atomic E-state index is 12.1. The Morgan fingerprint density at radius 2 is 1.20 bits per heavy atom. The van der Waals surface area contributed by atoms with Gasteiger partial charge in [0.05, 0.1) is 0 Å². The minimum absolute atomic E-state index is 0.191. The normalized spacial score (nSPS) is 13.2. The van der Waals surface area contributed by atoms with E-state index in [4.69, 9.17) is 0 Å². The number of ketones is 1. The third-order valence-corrected chi connectivity index (χ3v) is 5.57. The first-order valence-corrected chi connectivity index (χ1v) is 6.96. The average Bonchev–Trinajstić information content (AvgIpc) is 2.30. The molecule has 0 aromatic heterocycles. The molecule has 0 spiro atoms. The van der Waals surface area contributed by atoms with Crippen LogP contribution >= 0.6 is 0 Å². The monoisotopic (exact) mass is 254 g/mol. The molecule has 0 saturated heterocycles. The quantitative estimate of drug-likeness (QED) is 0.543. The van der Waals surface area contributed by atoms with E-state index in [9.17, 15) is 4.79 Å². The fraction of sp³-hybridized carbons (Fsp3) is 0. The molecule has 70 valence electrons. The third kappa shape index (κ3) is 1.35. The van der Waals surface area contributed by atoms with Crippen LogP contribution < -0.4 is 8.79 Å². The molecule has 15 heavy (non-hydrogen) atoms. The summed E-state index contributed by atoms with van der Waals surface area (Å²) in [4.78, 5) is 12.1. The number of carbonyl (C=O) groups excluding carboxylic acids is 1. The van der Waals surface area contributed by atoms with E-state index in [1.165, 1.54) is 8.79 Å². The second-order valence-electron chi connectivity index (χ2n) is 3.55. The van der Waals surface area contributed by atoms with Gasteiger partial charge in [-0.15, -0.1) is 0 Å². The first kappa shape index (κ1) is 8.92. The molecule has 0 bridgehead atoms. The van der Waals surface area contributed by atoms with Crippen LogP contribution in [-0.4, -0.2) is 21.2 Å². The van der Waals surface area contributed by atoms with E-state index in [0.717, 1.165) is 11.1 Å². The third-order valence-electron chi connectivity index (χ3n) is 2.61. The van der Waals surface area contributed by atoms with Gasteiger partial charge < -0.3 is 0 Å². The Morgan fingerprint density at radius 1 is 0.733 bits per heavy atom. The van der Waals surface area contributed by atoms with E-state index >= 15 is 0 Å². The van der Waals surface area contributed by atoms with Gasteiger partial charge in [-0.05, 0) is 0 Å². The summed E-state index contributed by atoms with van der Waals surface area (Å²) in [5.41, 5.74) is 1.83. The van der Waals surface area contributed by atoms with Gasteiger partial charge >= 0.3 is 94.5 Å². The van der Waals surface area contributed by atoms with Crippen molar-refractivity contribution in [3.05, 3.63) is 59.7 Å². The molecule has 2 radical (unpaired) electrons. The number of fused-ring (bicyclic) bond motifs is 2. The van der Waals surface area contributed by atoms with Crippen LogP contribution in [0.1, 0.15) is 15.9 Å². The second kappa shape index (κ2) is 3.35. The van der Waals surface area contributed by atoms with Gasteiger partial charge in [0, 0.05) is 0 Å². The first-order chi connectivity index (χ1) is 7.36. The molecule has 0 fully saturated rings. The van der Waals surface area contributed by atoms with Gasteiger partial charge in [0.2, 0.25) is 0 Å². The van der Waals surface area contributed by atoms with Crippen molar-refractivity contribution >= 4 is 30.0 Å². The summed E-state index contributed by atoms with van der Waals surface area (Å²) in [6.45, 7) is 0. The summed E-state index contributed by atoms with van der Waals surface area (Å²) >= 11 is -0.315. The molecule has 3 rings (SSSR count). The standard InChI is InChI=1S/C13H8GeO/c15-13-9-5-1-3-7-11(9)14-12-8-4-2-6-10(12)13/h1-8H. The van der Waals surface area contributed by atoms with Crippen LogP contribution in [-0.2, 0) is 0 Å². The molecule has 0 aliphatic carbocycles. The molecule has 1 heterocycles. The van der Waals surface area contributed by atoms with E-state index in [2.05, 4.69) is 12.1 Å². The Balaban J connectivity index is 2.24. The molecule has 2 aromatic rings. The summed E-state index contributed by atoms with van der Waals surface area (Å²) in [7, 11) is 0. The number of carbonyl (C=O) groups is 1. The first-order valence-electron chi connectivity index (χ1n) is 4.86. The van der Waals surface area contributed by atoms with Crippen molar-refractivity contribution < 1.29 is 4.79 Å². The van der Waals surface area contributed by atoms with Crippen molar-refractivity contribution in [1.29, 1.82) is 0 Å². The van der Waals surface area contributed by atoms with Crippen molar-refractivity contribution in [2.45, 2.75) is 0 Å². The number of hydrogen-bond donors (Lipinski definition) is 0. The van der Waals surface area contributed by atoms with Gasteiger partial charge in [-0.25, -0.2) is 0 Å². The van der Waals surface area contributed by atoms with Crippen molar-refractivity contribution in [3.8, 4) is 0 Å². The van der Waals surface area contributed by atoms with Crippen LogP contribution in [0.4, 0.5) is 0 Å². The average molecular weight is 253 g/mol. The Bertz CT molecular complexity index is 498. The SMILES string of the molecule is O=C1c2cccc[c]2[Ge][c]2ccccc21. The molecule has 1 nitrogen and oxygen atoms in total. The van der Waals surface area contributed by atoms with E-state index in [0.29, 0.717) is 0 Å². The van der Waals surface area contributed by atoms with E-state index in [1.807, 2.05) is 36.4 Å². The molecule has 1 aliphatic heterocycles. The topological polar surface area (TPSA) is 17.1 Å². The summed E-state index contributed by atoms with van der Waals surface area (Å²) in [6.07, 6.45) is 0. The zero-order valence-corrected chi connectivity index (χ0v) is 10.1. The zero-order chi connectivity index (χ0) is 10.3.